The van der Waals surface area contributed by atoms with Gasteiger partial charge in [0.05, 0.1) is 11.0 Å². The first-order valence-corrected chi connectivity index (χ1v) is 8.60. The summed E-state index contributed by atoms with van der Waals surface area (Å²) in [6, 6.07) is 5.57. The molecule has 8 heteroatoms. The largest absolute Gasteiger partial charge is 0.573 e. The van der Waals surface area contributed by atoms with Gasteiger partial charge >= 0.3 is 6.36 Å². The van der Waals surface area contributed by atoms with Crippen LogP contribution in [0.2, 0.25) is 0 Å². The molecule has 0 radical (unpaired) electrons. The van der Waals surface area contributed by atoms with E-state index in [2.05, 4.69) is 4.74 Å². The highest BCUT2D eigenvalue weighted by Crippen LogP contribution is 2.25. The predicted octanol–water partition coefficient (Wildman–Crippen LogP) is 2.59. The number of benzene rings is 1. The molecule has 0 unspecified atom stereocenters. The minimum Gasteiger partial charge on any atom is -0.406 e. The first kappa shape index (κ1) is 17.1. The molecule has 0 N–H and O–H groups in total. The minimum atomic E-state index is -4.72. The molecule has 1 aromatic carbocycles. The molecule has 0 amide bonds. The Balaban J connectivity index is 2.10. The van der Waals surface area contributed by atoms with E-state index in [4.69, 9.17) is 0 Å². The number of hydrogen-bond acceptors (Lipinski definition) is 4. The van der Waals surface area contributed by atoms with E-state index in [1.165, 1.54) is 18.2 Å². The Morgan fingerprint density at radius 3 is 2.64 bits per heavy atom. The SMILES string of the molecule is C[C@@H]1[C@@H](C)S(=O)(=O)CCN1Cc1cccc(OC(F)(F)F)c1. The van der Waals surface area contributed by atoms with E-state index in [-0.39, 0.29) is 17.5 Å². The Morgan fingerprint density at radius 2 is 2.00 bits per heavy atom. The molecule has 1 fully saturated rings. The van der Waals surface area contributed by atoms with Gasteiger partial charge in [0.25, 0.3) is 0 Å². The van der Waals surface area contributed by atoms with Crippen molar-refractivity contribution in [2.75, 3.05) is 12.3 Å². The maximum absolute atomic E-state index is 12.2. The molecule has 0 saturated carbocycles. The number of rotatable bonds is 3. The molecule has 0 bridgehead atoms. The first-order valence-electron chi connectivity index (χ1n) is 6.89. The van der Waals surface area contributed by atoms with Gasteiger partial charge in [-0.25, -0.2) is 8.42 Å². The number of sulfone groups is 1. The second kappa shape index (κ2) is 6.08. The second-order valence-corrected chi connectivity index (χ2v) is 7.96. The molecular formula is C14H18F3NO3S. The van der Waals surface area contributed by atoms with Crippen LogP contribution in [-0.2, 0) is 16.4 Å². The van der Waals surface area contributed by atoms with Crippen molar-refractivity contribution >= 4 is 9.84 Å². The normalized spacial score (nSPS) is 25.9. The second-order valence-electron chi connectivity index (χ2n) is 5.48. The summed E-state index contributed by atoms with van der Waals surface area (Å²) in [5.41, 5.74) is 0.653. The average Bonchev–Trinajstić information content (AvgIpc) is 2.39. The van der Waals surface area contributed by atoms with Crippen molar-refractivity contribution in [1.29, 1.82) is 0 Å². The maximum Gasteiger partial charge on any atom is 0.573 e. The summed E-state index contributed by atoms with van der Waals surface area (Å²) in [6.45, 7) is 4.24. The van der Waals surface area contributed by atoms with Gasteiger partial charge in [0, 0.05) is 19.1 Å². The van der Waals surface area contributed by atoms with Gasteiger partial charge in [-0.1, -0.05) is 12.1 Å². The van der Waals surface area contributed by atoms with Gasteiger partial charge in [-0.05, 0) is 31.5 Å². The van der Waals surface area contributed by atoms with Crippen LogP contribution in [0.4, 0.5) is 13.2 Å². The Labute approximate surface area is 127 Å². The fourth-order valence-corrected chi connectivity index (χ4v) is 4.16. The molecule has 2 rings (SSSR count). The highest BCUT2D eigenvalue weighted by atomic mass is 32.2. The third-order valence-corrected chi connectivity index (χ3v) is 6.28. The molecule has 1 saturated heterocycles. The lowest BCUT2D eigenvalue weighted by Crippen LogP contribution is -2.51. The van der Waals surface area contributed by atoms with Crippen LogP contribution in [0, 0.1) is 0 Å². The van der Waals surface area contributed by atoms with Crippen LogP contribution < -0.4 is 4.74 Å². The third kappa shape index (κ3) is 4.13. The molecule has 1 aromatic rings. The van der Waals surface area contributed by atoms with Crippen LogP contribution in [-0.4, -0.2) is 43.3 Å². The monoisotopic (exact) mass is 337 g/mol. The minimum absolute atomic E-state index is 0.0667. The molecule has 1 aliphatic heterocycles. The van der Waals surface area contributed by atoms with Crippen molar-refractivity contribution in [3.63, 3.8) is 0 Å². The van der Waals surface area contributed by atoms with Gasteiger partial charge in [-0.3, -0.25) is 4.90 Å². The van der Waals surface area contributed by atoms with E-state index in [1.807, 2.05) is 11.8 Å². The van der Waals surface area contributed by atoms with E-state index < -0.39 is 21.4 Å². The van der Waals surface area contributed by atoms with Crippen molar-refractivity contribution in [2.45, 2.75) is 38.0 Å². The van der Waals surface area contributed by atoms with Crippen LogP contribution in [0.3, 0.4) is 0 Å². The third-order valence-electron chi connectivity index (χ3n) is 4.00. The summed E-state index contributed by atoms with van der Waals surface area (Å²) < 4.78 is 64.2. The summed E-state index contributed by atoms with van der Waals surface area (Å²) in [7, 11) is -3.08. The quantitative estimate of drug-likeness (QED) is 0.851. The summed E-state index contributed by atoms with van der Waals surface area (Å²) >= 11 is 0. The van der Waals surface area contributed by atoms with E-state index >= 15 is 0 Å². The Morgan fingerprint density at radius 1 is 1.32 bits per heavy atom. The van der Waals surface area contributed by atoms with E-state index in [1.54, 1.807) is 13.0 Å². The molecule has 0 aromatic heterocycles. The van der Waals surface area contributed by atoms with Crippen molar-refractivity contribution in [3.8, 4) is 5.75 Å². The van der Waals surface area contributed by atoms with Gasteiger partial charge in [0.2, 0.25) is 0 Å². The fourth-order valence-electron chi connectivity index (χ4n) is 2.53. The fraction of sp³-hybridized carbons (Fsp3) is 0.571. The van der Waals surface area contributed by atoms with Gasteiger partial charge in [0.15, 0.2) is 9.84 Å². The molecule has 22 heavy (non-hydrogen) atoms. The van der Waals surface area contributed by atoms with Crippen molar-refractivity contribution < 1.29 is 26.3 Å². The number of alkyl halides is 3. The van der Waals surface area contributed by atoms with Crippen LogP contribution in [0.25, 0.3) is 0 Å². The number of hydrogen-bond donors (Lipinski definition) is 0. The standard InChI is InChI=1S/C14H18F3NO3S/c1-10-11(2)22(19,20)7-6-18(10)9-12-4-3-5-13(8-12)21-14(15,16)17/h3-5,8,10-11H,6-7,9H2,1-2H3/t10-,11-/m1/s1. The van der Waals surface area contributed by atoms with Gasteiger partial charge in [-0.15, -0.1) is 13.2 Å². The molecule has 1 aliphatic rings. The van der Waals surface area contributed by atoms with Gasteiger partial charge in [0.1, 0.15) is 5.75 Å². The average molecular weight is 337 g/mol. The Hall–Kier alpha value is -1.28. The zero-order valence-corrected chi connectivity index (χ0v) is 13.1. The maximum atomic E-state index is 12.2. The topological polar surface area (TPSA) is 46.6 Å². The zero-order valence-electron chi connectivity index (χ0n) is 12.3. The number of nitrogens with zero attached hydrogens (tertiary/aromatic N) is 1. The lowest BCUT2D eigenvalue weighted by atomic mass is 10.1. The van der Waals surface area contributed by atoms with E-state index in [9.17, 15) is 21.6 Å². The lowest BCUT2D eigenvalue weighted by molar-refractivity contribution is -0.274. The van der Waals surface area contributed by atoms with Crippen LogP contribution in [0.15, 0.2) is 24.3 Å². The van der Waals surface area contributed by atoms with Crippen molar-refractivity contribution in [1.82, 2.24) is 4.90 Å². The zero-order chi connectivity index (χ0) is 16.5. The molecular weight excluding hydrogens is 319 g/mol. The first-order chi connectivity index (χ1) is 10.1. The lowest BCUT2D eigenvalue weighted by Gasteiger charge is -2.37. The van der Waals surface area contributed by atoms with Gasteiger partial charge in [-0.2, -0.15) is 0 Å². The van der Waals surface area contributed by atoms with Crippen molar-refractivity contribution in [3.05, 3.63) is 29.8 Å². The van der Waals surface area contributed by atoms with E-state index in [0.717, 1.165) is 0 Å². The Bertz CT molecular complexity index is 630. The number of halogens is 3. The molecule has 2 atom stereocenters. The molecule has 0 spiro atoms. The summed E-state index contributed by atoms with van der Waals surface area (Å²) in [5.74, 6) is -0.201. The van der Waals surface area contributed by atoms with E-state index in [0.29, 0.717) is 18.7 Å². The van der Waals surface area contributed by atoms with Gasteiger partial charge < -0.3 is 4.74 Å². The van der Waals surface area contributed by atoms with Crippen molar-refractivity contribution in [2.24, 2.45) is 0 Å². The summed E-state index contributed by atoms with van der Waals surface area (Å²) in [4.78, 5) is 1.96. The molecule has 0 aliphatic carbocycles. The Kier molecular flexibility index (Phi) is 4.72. The van der Waals surface area contributed by atoms with Crippen LogP contribution in [0.1, 0.15) is 19.4 Å². The highest BCUT2D eigenvalue weighted by molar-refractivity contribution is 7.92. The summed E-state index contributed by atoms with van der Waals surface area (Å²) in [5, 5.41) is -0.490. The predicted molar refractivity (Wildman–Crippen MR) is 76.2 cm³/mol. The van der Waals surface area contributed by atoms with Crippen LogP contribution in [0.5, 0.6) is 5.75 Å². The molecule has 4 nitrogen and oxygen atoms in total. The molecule has 124 valence electrons. The smallest absolute Gasteiger partial charge is 0.406 e. The van der Waals surface area contributed by atoms with Crippen LogP contribution >= 0.6 is 0 Å². The number of ether oxygens (including phenoxy) is 1. The highest BCUT2D eigenvalue weighted by Gasteiger charge is 2.35. The summed E-state index contributed by atoms with van der Waals surface area (Å²) in [6.07, 6.45) is -4.72. The molecule has 1 heterocycles.